The zero-order chi connectivity index (χ0) is 14.1. The molecule has 0 saturated carbocycles. The SMILES string of the molecule is CCn1c(-c2ccnc(CN)c2)nc2cc(F)ccc21. The number of fused-ring (bicyclic) bond motifs is 1. The van der Waals surface area contributed by atoms with Crippen molar-refractivity contribution < 1.29 is 4.39 Å². The first kappa shape index (κ1) is 12.7. The molecule has 3 aromatic rings. The number of hydrogen-bond donors (Lipinski definition) is 1. The lowest BCUT2D eigenvalue weighted by Crippen LogP contribution is -2.01. The number of nitrogens with zero attached hydrogens (tertiary/aromatic N) is 3. The van der Waals surface area contributed by atoms with Gasteiger partial charge in [-0.15, -0.1) is 0 Å². The van der Waals surface area contributed by atoms with Crippen LogP contribution in [0.1, 0.15) is 12.6 Å². The van der Waals surface area contributed by atoms with Gasteiger partial charge in [0, 0.05) is 30.9 Å². The van der Waals surface area contributed by atoms with Gasteiger partial charge in [-0.2, -0.15) is 0 Å². The zero-order valence-corrected chi connectivity index (χ0v) is 11.2. The largest absolute Gasteiger partial charge is 0.325 e. The van der Waals surface area contributed by atoms with E-state index in [0.717, 1.165) is 29.1 Å². The van der Waals surface area contributed by atoms with Crippen LogP contribution >= 0.6 is 0 Å². The van der Waals surface area contributed by atoms with E-state index >= 15 is 0 Å². The average Bonchev–Trinajstić information content (AvgIpc) is 2.84. The minimum absolute atomic E-state index is 0.276. The van der Waals surface area contributed by atoms with E-state index in [0.29, 0.717) is 12.1 Å². The molecule has 0 unspecified atom stereocenters. The Bertz CT molecular complexity index is 764. The summed E-state index contributed by atoms with van der Waals surface area (Å²) in [6.45, 7) is 3.19. The Morgan fingerprint density at radius 2 is 2.10 bits per heavy atom. The molecule has 0 fully saturated rings. The summed E-state index contributed by atoms with van der Waals surface area (Å²) in [4.78, 5) is 8.73. The molecular weight excluding hydrogens is 255 g/mol. The minimum Gasteiger partial charge on any atom is -0.325 e. The molecule has 0 aliphatic heterocycles. The van der Waals surface area contributed by atoms with Crippen LogP contribution in [0.3, 0.4) is 0 Å². The molecule has 3 rings (SSSR count). The van der Waals surface area contributed by atoms with E-state index < -0.39 is 0 Å². The van der Waals surface area contributed by atoms with Gasteiger partial charge >= 0.3 is 0 Å². The molecule has 2 N–H and O–H groups in total. The summed E-state index contributed by atoms with van der Waals surface area (Å²) in [6, 6.07) is 8.48. The number of imidazole rings is 1. The minimum atomic E-state index is -0.276. The van der Waals surface area contributed by atoms with Crippen LogP contribution < -0.4 is 5.73 Å². The monoisotopic (exact) mass is 270 g/mol. The predicted octanol–water partition coefficient (Wildman–Crippen LogP) is 2.72. The van der Waals surface area contributed by atoms with Crippen molar-refractivity contribution in [3.8, 4) is 11.4 Å². The highest BCUT2D eigenvalue weighted by Gasteiger charge is 2.12. The predicted molar refractivity (Wildman–Crippen MR) is 76.5 cm³/mol. The maximum atomic E-state index is 13.3. The van der Waals surface area contributed by atoms with E-state index in [1.54, 1.807) is 12.3 Å². The highest BCUT2D eigenvalue weighted by molar-refractivity contribution is 5.80. The smallest absolute Gasteiger partial charge is 0.141 e. The van der Waals surface area contributed by atoms with Gasteiger partial charge in [-0.05, 0) is 31.2 Å². The fourth-order valence-electron chi connectivity index (χ4n) is 2.37. The van der Waals surface area contributed by atoms with Crippen LogP contribution in [0.4, 0.5) is 4.39 Å². The van der Waals surface area contributed by atoms with Gasteiger partial charge in [0.25, 0.3) is 0 Å². The van der Waals surface area contributed by atoms with Crippen molar-refractivity contribution in [3.05, 3.63) is 48.0 Å². The normalized spacial score (nSPS) is 11.2. The molecule has 0 aliphatic carbocycles. The number of aryl methyl sites for hydroxylation is 1. The lowest BCUT2D eigenvalue weighted by Gasteiger charge is -2.06. The zero-order valence-electron chi connectivity index (χ0n) is 11.2. The summed E-state index contributed by atoms with van der Waals surface area (Å²) in [7, 11) is 0. The van der Waals surface area contributed by atoms with Crippen molar-refractivity contribution in [3.63, 3.8) is 0 Å². The van der Waals surface area contributed by atoms with Crippen molar-refractivity contribution in [1.29, 1.82) is 0 Å². The fraction of sp³-hybridized carbons (Fsp3) is 0.200. The molecule has 20 heavy (non-hydrogen) atoms. The van der Waals surface area contributed by atoms with Gasteiger partial charge in [-0.1, -0.05) is 0 Å². The molecule has 2 aromatic heterocycles. The number of rotatable bonds is 3. The van der Waals surface area contributed by atoms with E-state index in [4.69, 9.17) is 5.73 Å². The maximum absolute atomic E-state index is 13.3. The molecule has 4 nitrogen and oxygen atoms in total. The van der Waals surface area contributed by atoms with E-state index in [9.17, 15) is 4.39 Å². The Labute approximate surface area is 116 Å². The molecule has 0 saturated heterocycles. The molecule has 1 aromatic carbocycles. The van der Waals surface area contributed by atoms with Crippen molar-refractivity contribution in [2.45, 2.75) is 20.0 Å². The van der Waals surface area contributed by atoms with Crippen molar-refractivity contribution in [2.75, 3.05) is 0 Å². The molecule has 2 heterocycles. The highest BCUT2D eigenvalue weighted by atomic mass is 19.1. The van der Waals surface area contributed by atoms with Crippen LogP contribution in [0.15, 0.2) is 36.5 Å². The molecule has 0 radical (unpaired) electrons. The number of hydrogen-bond acceptors (Lipinski definition) is 3. The molecule has 0 amide bonds. The Hall–Kier alpha value is -2.27. The van der Waals surface area contributed by atoms with Crippen LogP contribution in [0.2, 0.25) is 0 Å². The molecular formula is C15H15FN4. The Balaban J connectivity index is 2.24. The summed E-state index contributed by atoms with van der Waals surface area (Å²) >= 11 is 0. The maximum Gasteiger partial charge on any atom is 0.141 e. The lowest BCUT2D eigenvalue weighted by molar-refractivity contribution is 0.629. The summed E-state index contributed by atoms with van der Waals surface area (Å²) in [5, 5.41) is 0. The Morgan fingerprint density at radius 1 is 1.25 bits per heavy atom. The standard InChI is InChI=1S/C15H15FN4/c1-2-20-14-4-3-11(16)8-13(14)19-15(20)10-5-6-18-12(7-10)9-17/h3-8H,2,9,17H2,1H3. The number of benzene rings is 1. The van der Waals surface area contributed by atoms with Gasteiger partial charge in [-0.3, -0.25) is 4.98 Å². The summed E-state index contributed by atoms with van der Waals surface area (Å²) in [5.41, 5.74) is 8.96. The van der Waals surface area contributed by atoms with Crippen molar-refractivity contribution in [2.24, 2.45) is 5.73 Å². The first-order valence-corrected chi connectivity index (χ1v) is 6.54. The third-order valence-electron chi connectivity index (χ3n) is 3.31. The number of aromatic nitrogens is 3. The summed E-state index contributed by atoms with van der Waals surface area (Å²) < 4.78 is 15.4. The molecule has 0 atom stereocenters. The van der Waals surface area contributed by atoms with Crippen LogP contribution in [0.5, 0.6) is 0 Å². The van der Waals surface area contributed by atoms with E-state index in [-0.39, 0.29) is 5.82 Å². The third-order valence-corrected chi connectivity index (χ3v) is 3.31. The van der Waals surface area contributed by atoms with Gasteiger partial charge in [-0.25, -0.2) is 9.37 Å². The van der Waals surface area contributed by atoms with Crippen molar-refractivity contribution >= 4 is 11.0 Å². The van der Waals surface area contributed by atoms with Crippen LogP contribution in [-0.2, 0) is 13.1 Å². The van der Waals surface area contributed by atoms with Crippen molar-refractivity contribution in [1.82, 2.24) is 14.5 Å². The van der Waals surface area contributed by atoms with E-state index in [2.05, 4.69) is 14.5 Å². The molecule has 102 valence electrons. The van der Waals surface area contributed by atoms with Gasteiger partial charge in [0.1, 0.15) is 11.6 Å². The Kier molecular flexibility index (Phi) is 3.20. The lowest BCUT2D eigenvalue weighted by atomic mass is 10.2. The Morgan fingerprint density at radius 3 is 2.85 bits per heavy atom. The second-order valence-electron chi connectivity index (χ2n) is 4.55. The average molecular weight is 270 g/mol. The number of halogens is 1. The van der Waals surface area contributed by atoms with Gasteiger partial charge in [0.05, 0.1) is 16.7 Å². The number of pyridine rings is 1. The van der Waals surface area contributed by atoms with Gasteiger partial charge in [0.15, 0.2) is 0 Å². The first-order chi connectivity index (χ1) is 9.72. The number of nitrogens with two attached hydrogens (primary N) is 1. The second kappa shape index (κ2) is 5.02. The van der Waals surface area contributed by atoms with Gasteiger partial charge in [0.2, 0.25) is 0 Å². The third kappa shape index (κ3) is 2.06. The highest BCUT2D eigenvalue weighted by Crippen LogP contribution is 2.25. The summed E-state index contributed by atoms with van der Waals surface area (Å²) in [6.07, 6.45) is 1.72. The quantitative estimate of drug-likeness (QED) is 0.796. The molecule has 5 heteroatoms. The molecule has 0 aliphatic rings. The first-order valence-electron chi connectivity index (χ1n) is 6.54. The van der Waals surface area contributed by atoms with Crippen LogP contribution in [-0.4, -0.2) is 14.5 Å². The van der Waals surface area contributed by atoms with Crippen LogP contribution in [0.25, 0.3) is 22.4 Å². The van der Waals surface area contributed by atoms with E-state index in [1.165, 1.54) is 12.1 Å². The molecule has 0 spiro atoms. The fourth-order valence-corrected chi connectivity index (χ4v) is 2.37. The second-order valence-corrected chi connectivity index (χ2v) is 4.55. The topological polar surface area (TPSA) is 56.7 Å². The summed E-state index contributed by atoms with van der Waals surface area (Å²) in [5.74, 6) is 0.535. The van der Waals surface area contributed by atoms with Crippen LogP contribution in [0, 0.1) is 5.82 Å². The molecule has 0 bridgehead atoms. The van der Waals surface area contributed by atoms with Gasteiger partial charge < -0.3 is 10.3 Å². The van der Waals surface area contributed by atoms with E-state index in [1.807, 2.05) is 19.1 Å².